The Kier molecular flexibility index (Phi) is 10.3. The minimum absolute atomic E-state index is 0. The molecule has 1 fully saturated rings. The van der Waals surface area contributed by atoms with E-state index in [2.05, 4.69) is 36.3 Å². The molecule has 0 bridgehead atoms. The average molecular weight is 362 g/mol. The molecule has 3 unspecified atom stereocenters. The van der Waals surface area contributed by atoms with Crippen LogP contribution in [0.2, 0.25) is 0 Å². The fourth-order valence-corrected chi connectivity index (χ4v) is 2.91. The van der Waals surface area contributed by atoms with Crippen LogP contribution < -0.4 is 16.0 Å². The molecule has 23 heavy (non-hydrogen) atoms. The van der Waals surface area contributed by atoms with Crippen molar-refractivity contribution >= 4 is 36.4 Å². The van der Waals surface area contributed by atoms with Gasteiger partial charge in [0.05, 0.1) is 0 Å². The minimum Gasteiger partial charge on any atom is -0.370 e. The topological polar surface area (TPSA) is 58.4 Å². The van der Waals surface area contributed by atoms with Gasteiger partial charge in [-0.2, -0.15) is 0 Å². The summed E-state index contributed by atoms with van der Waals surface area (Å²) in [4.78, 5) is 14.4. The molecule has 1 aliphatic rings. The third kappa shape index (κ3) is 6.58. The van der Waals surface area contributed by atoms with Crippen LogP contribution in [0.15, 0.2) is 30.3 Å². The predicted molar refractivity (Wildman–Crippen MR) is 102 cm³/mol. The number of likely N-dealkylation sites (N-methyl/N-ethyl adjacent to an activating group) is 1. The molecule has 132 valence electrons. The van der Waals surface area contributed by atoms with Crippen molar-refractivity contribution in [3.05, 3.63) is 30.3 Å². The predicted octanol–water partition coefficient (Wildman–Crippen LogP) is 2.99. The fourth-order valence-electron chi connectivity index (χ4n) is 2.91. The summed E-state index contributed by atoms with van der Waals surface area (Å²) >= 11 is 0. The molecule has 2 rings (SSSR count). The van der Waals surface area contributed by atoms with Crippen LogP contribution in [0.4, 0.5) is 5.69 Å². The maximum Gasteiger partial charge on any atom is 0.223 e. The lowest BCUT2D eigenvalue weighted by atomic mass is 9.85. The second kappa shape index (κ2) is 10.7. The second-order valence-electron chi connectivity index (χ2n) is 6.16. The number of hydrogen-bond donors (Lipinski definition) is 2. The van der Waals surface area contributed by atoms with Crippen molar-refractivity contribution in [3.8, 4) is 0 Å². The van der Waals surface area contributed by atoms with Crippen LogP contribution in [0.3, 0.4) is 0 Å². The van der Waals surface area contributed by atoms with E-state index in [0.29, 0.717) is 6.54 Å². The van der Waals surface area contributed by atoms with E-state index in [1.165, 1.54) is 5.69 Å². The Morgan fingerprint density at radius 3 is 2.57 bits per heavy atom. The number of hydrogen-bond acceptors (Lipinski definition) is 3. The zero-order valence-electron chi connectivity index (χ0n) is 13.9. The van der Waals surface area contributed by atoms with Gasteiger partial charge in [-0.05, 0) is 38.3 Å². The molecule has 0 radical (unpaired) electrons. The zero-order chi connectivity index (χ0) is 15.2. The Bertz CT molecular complexity index is 458. The van der Waals surface area contributed by atoms with Crippen molar-refractivity contribution in [2.24, 2.45) is 11.7 Å². The number of halogens is 2. The molecule has 1 amide bonds. The van der Waals surface area contributed by atoms with Crippen LogP contribution in [-0.4, -0.2) is 31.6 Å². The molecule has 0 aromatic heterocycles. The molecule has 0 spiro atoms. The summed E-state index contributed by atoms with van der Waals surface area (Å²) < 4.78 is 0. The number of nitrogens with two attached hydrogens (primary N) is 1. The lowest BCUT2D eigenvalue weighted by Gasteiger charge is -2.29. The van der Waals surface area contributed by atoms with Gasteiger partial charge in [0, 0.05) is 37.3 Å². The Hall–Kier alpha value is -0.970. The highest BCUT2D eigenvalue weighted by atomic mass is 35.5. The van der Waals surface area contributed by atoms with Crippen molar-refractivity contribution in [2.45, 2.75) is 44.7 Å². The summed E-state index contributed by atoms with van der Waals surface area (Å²) in [6.45, 7) is 2.79. The van der Waals surface area contributed by atoms with Gasteiger partial charge in [-0.15, -0.1) is 24.8 Å². The van der Waals surface area contributed by atoms with Gasteiger partial charge in [0.15, 0.2) is 0 Å². The standard InChI is InChI=1S/C17H27N3O.2ClH/c1-13(20(2)16-9-4-3-5-10-16)12-19-17(21)14-7-6-8-15(18)11-14;;/h3-5,9-10,13-15H,6-8,11-12,18H2,1-2H3,(H,19,21);2*1H. The summed E-state index contributed by atoms with van der Waals surface area (Å²) in [6.07, 6.45) is 3.92. The SMILES string of the molecule is CC(CNC(=O)C1CCCC(N)C1)N(C)c1ccccc1.Cl.Cl. The van der Waals surface area contributed by atoms with E-state index in [1.807, 2.05) is 18.2 Å². The third-order valence-corrected chi connectivity index (χ3v) is 4.48. The summed E-state index contributed by atoms with van der Waals surface area (Å²) in [5, 5.41) is 3.09. The first-order chi connectivity index (χ1) is 10.1. The molecule has 0 aliphatic heterocycles. The van der Waals surface area contributed by atoms with E-state index in [1.54, 1.807) is 0 Å². The number of benzene rings is 1. The highest BCUT2D eigenvalue weighted by Crippen LogP contribution is 2.23. The van der Waals surface area contributed by atoms with Crippen molar-refractivity contribution in [1.82, 2.24) is 5.32 Å². The van der Waals surface area contributed by atoms with Gasteiger partial charge in [0.1, 0.15) is 0 Å². The van der Waals surface area contributed by atoms with E-state index in [9.17, 15) is 4.79 Å². The Balaban J connectivity index is 0.00000242. The number of rotatable bonds is 5. The molecule has 0 saturated heterocycles. The first kappa shape index (κ1) is 22.0. The lowest BCUT2D eigenvalue weighted by molar-refractivity contribution is -0.126. The minimum atomic E-state index is 0. The molecule has 3 N–H and O–H groups in total. The highest BCUT2D eigenvalue weighted by molar-refractivity contribution is 5.85. The smallest absolute Gasteiger partial charge is 0.223 e. The molecule has 6 heteroatoms. The molecular weight excluding hydrogens is 333 g/mol. The quantitative estimate of drug-likeness (QED) is 0.847. The number of carbonyl (C=O) groups excluding carboxylic acids is 1. The first-order valence-electron chi connectivity index (χ1n) is 7.89. The number of nitrogens with zero attached hydrogens (tertiary/aromatic N) is 1. The van der Waals surface area contributed by atoms with Crippen molar-refractivity contribution in [3.63, 3.8) is 0 Å². The second-order valence-corrected chi connectivity index (χ2v) is 6.16. The normalized spacial score (nSPS) is 21.3. The maximum atomic E-state index is 12.2. The maximum absolute atomic E-state index is 12.2. The number of para-hydroxylation sites is 1. The summed E-state index contributed by atoms with van der Waals surface area (Å²) in [7, 11) is 2.06. The summed E-state index contributed by atoms with van der Waals surface area (Å²) in [5.74, 6) is 0.265. The Morgan fingerprint density at radius 1 is 1.30 bits per heavy atom. The van der Waals surface area contributed by atoms with E-state index in [4.69, 9.17) is 5.73 Å². The van der Waals surface area contributed by atoms with Gasteiger partial charge in [-0.3, -0.25) is 4.79 Å². The van der Waals surface area contributed by atoms with Crippen LogP contribution in [0.1, 0.15) is 32.6 Å². The molecule has 1 aromatic carbocycles. The molecule has 4 nitrogen and oxygen atoms in total. The molecular formula is C17H29Cl2N3O. The molecule has 1 aliphatic carbocycles. The van der Waals surface area contributed by atoms with Gasteiger partial charge in [-0.25, -0.2) is 0 Å². The van der Waals surface area contributed by atoms with Gasteiger partial charge in [0.2, 0.25) is 5.91 Å². The van der Waals surface area contributed by atoms with Gasteiger partial charge >= 0.3 is 0 Å². The van der Waals surface area contributed by atoms with Crippen molar-refractivity contribution in [1.29, 1.82) is 0 Å². The fraction of sp³-hybridized carbons (Fsp3) is 0.588. The van der Waals surface area contributed by atoms with E-state index < -0.39 is 0 Å². The molecule has 1 aromatic rings. The van der Waals surface area contributed by atoms with E-state index in [0.717, 1.165) is 25.7 Å². The van der Waals surface area contributed by atoms with Crippen molar-refractivity contribution in [2.75, 3.05) is 18.5 Å². The lowest BCUT2D eigenvalue weighted by Crippen LogP contribution is -2.44. The van der Waals surface area contributed by atoms with Crippen LogP contribution in [0.5, 0.6) is 0 Å². The zero-order valence-corrected chi connectivity index (χ0v) is 15.5. The van der Waals surface area contributed by atoms with E-state index in [-0.39, 0.29) is 48.7 Å². The summed E-state index contributed by atoms with van der Waals surface area (Å²) in [5.41, 5.74) is 7.12. The monoisotopic (exact) mass is 361 g/mol. The number of amides is 1. The first-order valence-corrected chi connectivity index (χ1v) is 7.89. The van der Waals surface area contributed by atoms with Gasteiger partial charge in [-0.1, -0.05) is 24.6 Å². The van der Waals surface area contributed by atoms with E-state index >= 15 is 0 Å². The van der Waals surface area contributed by atoms with Crippen LogP contribution >= 0.6 is 24.8 Å². The summed E-state index contributed by atoms with van der Waals surface area (Å²) in [6, 6.07) is 10.7. The molecule has 3 atom stereocenters. The number of carbonyl (C=O) groups is 1. The van der Waals surface area contributed by atoms with Crippen LogP contribution in [-0.2, 0) is 4.79 Å². The third-order valence-electron chi connectivity index (χ3n) is 4.48. The Labute approximate surface area is 152 Å². The number of anilines is 1. The largest absolute Gasteiger partial charge is 0.370 e. The van der Waals surface area contributed by atoms with Gasteiger partial charge < -0.3 is 16.0 Å². The molecule has 0 heterocycles. The van der Waals surface area contributed by atoms with Crippen molar-refractivity contribution < 1.29 is 4.79 Å². The Morgan fingerprint density at radius 2 is 1.96 bits per heavy atom. The van der Waals surface area contributed by atoms with Crippen LogP contribution in [0.25, 0.3) is 0 Å². The highest BCUT2D eigenvalue weighted by Gasteiger charge is 2.25. The molecule has 1 saturated carbocycles. The van der Waals surface area contributed by atoms with Crippen LogP contribution in [0, 0.1) is 5.92 Å². The average Bonchev–Trinajstić information content (AvgIpc) is 2.52. The number of nitrogens with one attached hydrogen (secondary N) is 1. The van der Waals surface area contributed by atoms with Gasteiger partial charge in [0.25, 0.3) is 0 Å².